The lowest BCUT2D eigenvalue weighted by atomic mass is 9.71. The van der Waals surface area contributed by atoms with Crippen molar-refractivity contribution in [3.8, 4) is 0 Å². The molecule has 2 aromatic carbocycles. The average Bonchev–Trinajstić information content (AvgIpc) is 2.92. The van der Waals surface area contributed by atoms with Gasteiger partial charge in [0.2, 0.25) is 11.9 Å². The van der Waals surface area contributed by atoms with Crippen LogP contribution in [-0.4, -0.2) is 49.7 Å². The predicted octanol–water partition coefficient (Wildman–Crippen LogP) is 2.65. The Balaban J connectivity index is 1.57. The minimum atomic E-state index is -0.924. The van der Waals surface area contributed by atoms with Crippen LogP contribution in [0.4, 0.5) is 9.59 Å². The number of nitrogens with zero attached hydrogens (tertiary/aromatic N) is 1. The number of aliphatic imine (C=N–C) groups is 1. The van der Waals surface area contributed by atoms with Crippen LogP contribution >= 0.6 is 0 Å². The van der Waals surface area contributed by atoms with Crippen molar-refractivity contribution in [3.63, 3.8) is 0 Å². The molecule has 0 radical (unpaired) electrons. The van der Waals surface area contributed by atoms with Crippen molar-refractivity contribution in [1.82, 2.24) is 16.0 Å². The van der Waals surface area contributed by atoms with Gasteiger partial charge >= 0.3 is 18.2 Å². The summed E-state index contributed by atoms with van der Waals surface area (Å²) in [4.78, 5) is 52.8. The monoisotopic (exact) mass is 510 g/mol. The summed E-state index contributed by atoms with van der Waals surface area (Å²) in [7, 11) is 1.26. The summed E-state index contributed by atoms with van der Waals surface area (Å²) in [5, 5.41) is 7.37. The number of alkyl carbamates (subject to hydrolysis) is 2. The van der Waals surface area contributed by atoms with E-state index >= 15 is 0 Å². The molecule has 1 unspecified atom stereocenters. The van der Waals surface area contributed by atoms with Crippen LogP contribution in [0.2, 0.25) is 0 Å². The Kier molecular flexibility index (Phi) is 9.59. The van der Waals surface area contributed by atoms with Crippen LogP contribution in [0.3, 0.4) is 0 Å². The number of hydrogen-bond donors (Lipinski definition) is 3. The fourth-order valence-corrected chi connectivity index (χ4v) is 3.66. The third kappa shape index (κ3) is 7.79. The molecule has 1 saturated heterocycles. The Morgan fingerprint density at radius 2 is 1.43 bits per heavy atom. The van der Waals surface area contributed by atoms with Crippen LogP contribution in [0.1, 0.15) is 30.9 Å². The van der Waals surface area contributed by atoms with Crippen LogP contribution in [0.15, 0.2) is 65.7 Å². The van der Waals surface area contributed by atoms with E-state index in [1.807, 2.05) is 36.4 Å². The summed E-state index contributed by atoms with van der Waals surface area (Å²) >= 11 is 0. The highest BCUT2D eigenvalue weighted by Gasteiger charge is 2.54. The van der Waals surface area contributed by atoms with Gasteiger partial charge in [0, 0.05) is 6.54 Å². The molecule has 2 atom stereocenters. The SMILES string of the molecule is COC(=O)C1NC(=O)[C@@]1(C)CCCN=C(NC(=O)OCc1ccccc1)NC(=O)OCc1ccccc1. The lowest BCUT2D eigenvalue weighted by molar-refractivity contribution is -0.163. The molecular formula is C26H30N4O7. The van der Waals surface area contributed by atoms with E-state index in [9.17, 15) is 19.2 Å². The number of methoxy groups -OCH3 is 1. The molecule has 1 heterocycles. The van der Waals surface area contributed by atoms with Crippen molar-refractivity contribution in [2.75, 3.05) is 13.7 Å². The van der Waals surface area contributed by atoms with Gasteiger partial charge in [-0.25, -0.2) is 14.4 Å². The lowest BCUT2D eigenvalue weighted by Crippen LogP contribution is -2.69. The van der Waals surface area contributed by atoms with E-state index in [4.69, 9.17) is 14.2 Å². The molecule has 2 aromatic rings. The minimum absolute atomic E-state index is 0.0286. The Hall–Kier alpha value is -4.41. The number of hydrogen-bond acceptors (Lipinski definition) is 8. The molecule has 37 heavy (non-hydrogen) atoms. The van der Waals surface area contributed by atoms with Gasteiger partial charge in [-0.3, -0.25) is 20.4 Å². The largest absolute Gasteiger partial charge is 0.467 e. The van der Waals surface area contributed by atoms with Crippen molar-refractivity contribution in [2.24, 2.45) is 10.4 Å². The maximum Gasteiger partial charge on any atom is 0.414 e. The predicted molar refractivity (Wildman–Crippen MR) is 133 cm³/mol. The van der Waals surface area contributed by atoms with E-state index < -0.39 is 29.6 Å². The van der Waals surface area contributed by atoms with Crippen LogP contribution in [0.25, 0.3) is 0 Å². The lowest BCUT2D eigenvalue weighted by Gasteiger charge is -2.44. The third-order valence-electron chi connectivity index (χ3n) is 5.86. The van der Waals surface area contributed by atoms with Crippen molar-refractivity contribution < 1.29 is 33.4 Å². The summed E-state index contributed by atoms with van der Waals surface area (Å²) in [5.41, 5.74) is 0.657. The van der Waals surface area contributed by atoms with Crippen molar-refractivity contribution in [2.45, 2.75) is 39.0 Å². The normalized spacial score (nSPS) is 17.9. The first-order chi connectivity index (χ1) is 17.8. The molecule has 11 nitrogen and oxygen atoms in total. The summed E-state index contributed by atoms with van der Waals surface area (Å²) in [6, 6.07) is 17.5. The first-order valence-electron chi connectivity index (χ1n) is 11.7. The van der Waals surface area contributed by atoms with Crippen molar-refractivity contribution in [1.29, 1.82) is 0 Å². The molecule has 11 heteroatoms. The van der Waals surface area contributed by atoms with Gasteiger partial charge in [-0.05, 0) is 30.9 Å². The first-order valence-corrected chi connectivity index (χ1v) is 11.7. The highest BCUT2D eigenvalue weighted by atomic mass is 16.6. The molecule has 3 rings (SSSR count). The minimum Gasteiger partial charge on any atom is -0.467 e. The standard InChI is InChI=1S/C26H30N4O7/c1-26(20(21(31)35-2)28-22(26)32)14-9-15-27-23(29-24(33)36-16-18-10-5-3-6-11-18)30-25(34)37-17-19-12-7-4-8-13-19/h3-8,10-13,20H,9,14-17H2,1-2H3,(H,28,32)(H2,27,29,30,33,34)/t20?,26-/m0/s1. The number of carbonyl (C=O) groups is 4. The van der Waals surface area contributed by atoms with Crippen LogP contribution in [-0.2, 0) is 37.0 Å². The van der Waals surface area contributed by atoms with Gasteiger partial charge in [-0.2, -0.15) is 0 Å². The fraction of sp³-hybridized carbons (Fsp3) is 0.346. The highest BCUT2D eigenvalue weighted by molar-refractivity contribution is 6.01. The zero-order valence-corrected chi connectivity index (χ0v) is 20.7. The van der Waals surface area contributed by atoms with E-state index in [0.717, 1.165) is 11.1 Å². The van der Waals surface area contributed by atoms with E-state index in [0.29, 0.717) is 12.8 Å². The molecule has 1 aliphatic heterocycles. The first kappa shape index (κ1) is 27.2. The molecule has 3 N–H and O–H groups in total. The highest BCUT2D eigenvalue weighted by Crippen LogP contribution is 2.36. The number of rotatable bonds is 9. The fourth-order valence-electron chi connectivity index (χ4n) is 3.66. The number of benzene rings is 2. The Labute approximate surface area is 214 Å². The molecule has 0 saturated carbocycles. The second kappa shape index (κ2) is 13.1. The number of ether oxygens (including phenoxy) is 3. The zero-order chi connectivity index (χ0) is 26.7. The Morgan fingerprint density at radius 3 is 1.89 bits per heavy atom. The van der Waals surface area contributed by atoms with E-state index in [1.54, 1.807) is 31.2 Å². The molecule has 0 aromatic heterocycles. The van der Waals surface area contributed by atoms with Gasteiger partial charge in [0.25, 0.3) is 0 Å². The van der Waals surface area contributed by atoms with Crippen LogP contribution in [0, 0.1) is 5.41 Å². The van der Waals surface area contributed by atoms with Gasteiger partial charge in [-0.1, -0.05) is 60.7 Å². The van der Waals surface area contributed by atoms with Crippen LogP contribution in [0.5, 0.6) is 0 Å². The number of carbonyl (C=O) groups excluding carboxylic acids is 4. The molecular weight excluding hydrogens is 480 g/mol. The Bertz CT molecular complexity index is 1060. The van der Waals surface area contributed by atoms with Crippen LogP contribution < -0.4 is 16.0 Å². The van der Waals surface area contributed by atoms with Crippen molar-refractivity contribution >= 4 is 30.0 Å². The summed E-state index contributed by atoms with van der Waals surface area (Å²) in [6.45, 7) is 1.88. The average molecular weight is 511 g/mol. The summed E-state index contributed by atoms with van der Waals surface area (Å²) in [6.07, 6.45) is -0.904. The topological polar surface area (TPSA) is 144 Å². The third-order valence-corrected chi connectivity index (χ3v) is 5.86. The molecule has 1 aliphatic rings. The van der Waals surface area contributed by atoms with Gasteiger partial charge in [0.1, 0.15) is 19.3 Å². The summed E-state index contributed by atoms with van der Waals surface area (Å²) < 4.78 is 15.1. The number of nitrogens with one attached hydrogen (secondary N) is 3. The van der Waals surface area contributed by atoms with Crippen molar-refractivity contribution in [3.05, 3.63) is 71.8 Å². The zero-order valence-electron chi connectivity index (χ0n) is 20.7. The number of β-lactam (4-membered cyclic amide) rings is 1. The second-order valence-corrected chi connectivity index (χ2v) is 8.55. The quantitative estimate of drug-likeness (QED) is 0.117. The number of esters is 1. The summed E-state index contributed by atoms with van der Waals surface area (Å²) in [5.74, 6) is -0.932. The smallest absolute Gasteiger partial charge is 0.414 e. The van der Waals surface area contributed by atoms with Gasteiger partial charge < -0.3 is 19.5 Å². The second-order valence-electron chi connectivity index (χ2n) is 8.55. The van der Waals surface area contributed by atoms with Gasteiger partial charge in [0.05, 0.1) is 12.5 Å². The molecule has 0 spiro atoms. The molecule has 0 aliphatic carbocycles. The molecule has 3 amide bonds. The molecule has 0 bridgehead atoms. The van der Waals surface area contributed by atoms with E-state index in [2.05, 4.69) is 20.9 Å². The van der Waals surface area contributed by atoms with E-state index in [-0.39, 0.29) is 31.6 Å². The van der Waals surface area contributed by atoms with Gasteiger partial charge in [-0.15, -0.1) is 0 Å². The molecule has 1 fully saturated rings. The Morgan fingerprint density at radius 1 is 0.919 bits per heavy atom. The molecule has 196 valence electrons. The number of amides is 3. The number of guanidine groups is 1. The van der Waals surface area contributed by atoms with E-state index in [1.165, 1.54) is 7.11 Å². The maximum atomic E-state index is 12.3. The maximum absolute atomic E-state index is 12.3. The van der Waals surface area contributed by atoms with Gasteiger partial charge in [0.15, 0.2) is 0 Å².